The van der Waals surface area contributed by atoms with Crippen LogP contribution in [0.5, 0.6) is 0 Å². The fourth-order valence-corrected chi connectivity index (χ4v) is 2.80. The topological polar surface area (TPSA) is 58.9 Å². The molecule has 0 saturated heterocycles. The van der Waals surface area contributed by atoms with E-state index in [2.05, 4.69) is 9.73 Å². The average Bonchev–Trinajstić information content (AvgIpc) is 2.45. The molecular weight excluding hydrogens is 323 g/mol. The van der Waals surface area contributed by atoms with Gasteiger partial charge in [-0.05, 0) is 38.3 Å². The Hall–Kier alpha value is -1.89. The van der Waals surface area contributed by atoms with Crippen molar-refractivity contribution in [1.82, 2.24) is 0 Å². The van der Waals surface area contributed by atoms with Crippen LogP contribution in [0.1, 0.15) is 38.3 Å². The molecule has 0 spiro atoms. The van der Waals surface area contributed by atoms with Crippen molar-refractivity contribution in [2.75, 3.05) is 6.61 Å². The molecule has 7 heteroatoms. The van der Waals surface area contributed by atoms with Crippen molar-refractivity contribution in [2.45, 2.75) is 50.9 Å². The molecule has 1 unspecified atom stereocenters. The number of aliphatic imine (C=N–C) groups is 1. The van der Waals surface area contributed by atoms with Gasteiger partial charge in [-0.1, -0.05) is 24.3 Å². The van der Waals surface area contributed by atoms with Crippen LogP contribution in [0.4, 0.5) is 13.2 Å². The Bertz CT molecular complexity index is 667. The molecule has 0 bridgehead atoms. The Balaban J connectivity index is 2.48. The minimum Gasteiger partial charge on any atom is -0.464 e. The van der Waals surface area contributed by atoms with Crippen LogP contribution in [0.15, 0.2) is 29.3 Å². The summed E-state index contributed by atoms with van der Waals surface area (Å²) in [5.41, 5.74) is -2.84. The standard InChI is InChI=1S/C17H20F3NO3/c1-4-24-14(22)16(23,17(18,19)20)10-13-12-8-6-5-7-11(12)9-15(2,3)21-13/h5-8,23H,4,9-10H2,1-3H3. The third-order valence-electron chi connectivity index (χ3n) is 3.89. The van der Waals surface area contributed by atoms with Gasteiger partial charge in [0.15, 0.2) is 0 Å². The molecule has 0 fully saturated rings. The van der Waals surface area contributed by atoms with E-state index in [9.17, 15) is 23.1 Å². The van der Waals surface area contributed by atoms with Gasteiger partial charge < -0.3 is 9.84 Å². The fraction of sp³-hybridized carbons (Fsp3) is 0.529. The predicted octanol–water partition coefficient (Wildman–Crippen LogP) is 3.06. The van der Waals surface area contributed by atoms with Crippen molar-refractivity contribution in [1.29, 1.82) is 0 Å². The lowest BCUT2D eigenvalue weighted by molar-refractivity contribution is -0.260. The number of carbonyl (C=O) groups excluding carboxylic acids is 1. The number of benzene rings is 1. The second kappa shape index (κ2) is 6.20. The van der Waals surface area contributed by atoms with Gasteiger partial charge >= 0.3 is 12.1 Å². The summed E-state index contributed by atoms with van der Waals surface area (Å²) in [4.78, 5) is 16.2. The smallest absolute Gasteiger partial charge is 0.428 e. The summed E-state index contributed by atoms with van der Waals surface area (Å²) < 4.78 is 44.6. The summed E-state index contributed by atoms with van der Waals surface area (Å²) in [6, 6.07) is 6.93. The molecule has 1 aromatic carbocycles. The largest absolute Gasteiger partial charge is 0.464 e. The summed E-state index contributed by atoms with van der Waals surface area (Å²) >= 11 is 0. The molecule has 0 amide bonds. The second-order valence-corrected chi connectivity index (χ2v) is 6.46. The first kappa shape index (κ1) is 18.4. The number of nitrogens with zero attached hydrogens (tertiary/aromatic N) is 1. The second-order valence-electron chi connectivity index (χ2n) is 6.46. The monoisotopic (exact) mass is 343 g/mol. The normalized spacial score (nSPS) is 19.0. The Labute approximate surface area is 138 Å². The van der Waals surface area contributed by atoms with E-state index in [1.54, 1.807) is 32.0 Å². The van der Waals surface area contributed by atoms with E-state index in [1.807, 2.05) is 6.07 Å². The van der Waals surface area contributed by atoms with Crippen molar-refractivity contribution in [3.8, 4) is 0 Å². The highest BCUT2D eigenvalue weighted by atomic mass is 19.4. The molecule has 1 aliphatic heterocycles. The molecule has 2 rings (SSSR count). The lowest BCUT2D eigenvalue weighted by Crippen LogP contribution is -2.54. The lowest BCUT2D eigenvalue weighted by atomic mass is 9.83. The highest BCUT2D eigenvalue weighted by molar-refractivity contribution is 6.05. The van der Waals surface area contributed by atoms with Crippen LogP contribution < -0.4 is 0 Å². The number of aliphatic hydroxyl groups is 1. The maximum atomic E-state index is 13.4. The van der Waals surface area contributed by atoms with Crippen molar-refractivity contribution >= 4 is 11.7 Å². The zero-order valence-electron chi connectivity index (χ0n) is 13.8. The van der Waals surface area contributed by atoms with Gasteiger partial charge in [-0.2, -0.15) is 13.2 Å². The molecule has 1 heterocycles. The quantitative estimate of drug-likeness (QED) is 0.855. The first-order valence-electron chi connectivity index (χ1n) is 7.63. The van der Waals surface area contributed by atoms with Crippen molar-refractivity contribution in [2.24, 2.45) is 4.99 Å². The van der Waals surface area contributed by atoms with Crippen LogP contribution in [-0.2, 0) is 16.0 Å². The molecule has 0 radical (unpaired) electrons. The SMILES string of the molecule is CCOC(=O)C(O)(CC1=NC(C)(C)Cc2ccccc21)C(F)(F)F. The van der Waals surface area contributed by atoms with Crippen molar-refractivity contribution < 1.29 is 27.8 Å². The summed E-state index contributed by atoms with van der Waals surface area (Å²) in [6.07, 6.45) is -5.58. The van der Waals surface area contributed by atoms with Gasteiger partial charge in [0, 0.05) is 12.1 Å². The maximum absolute atomic E-state index is 13.4. The molecular formula is C17H20F3NO3. The number of hydrogen-bond donors (Lipinski definition) is 1. The van der Waals surface area contributed by atoms with Gasteiger partial charge in [0.25, 0.3) is 5.60 Å². The van der Waals surface area contributed by atoms with Crippen LogP contribution in [0.3, 0.4) is 0 Å². The van der Waals surface area contributed by atoms with E-state index in [0.717, 1.165) is 5.56 Å². The number of fused-ring (bicyclic) bond motifs is 1. The molecule has 1 aliphatic rings. The Kier molecular flexibility index (Phi) is 4.77. The number of halogens is 3. The Morgan fingerprint density at radius 1 is 1.33 bits per heavy atom. The third-order valence-corrected chi connectivity index (χ3v) is 3.89. The van der Waals surface area contributed by atoms with Crippen LogP contribution in [0.2, 0.25) is 0 Å². The predicted molar refractivity (Wildman–Crippen MR) is 83.0 cm³/mol. The zero-order chi connectivity index (χ0) is 18.2. The van der Waals surface area contributed by atoms with Gasteiger partial charge in [-0.15, -0.1) is 0 Å². The van der Waals surface area contributed by atoms with Gasteiger partial charge in [-0.3, -0.25) is 4.99 Å². The number of ether oxygens (including phenoxy) is 1. The molecule has 0 aliphatic carbocycles. The van der Waals surface area contributed by atoms with Gasteiger partial charge in [0.05, 0.1) is 12.1 Å². The van der Waals surface area contributed by atoms with E-state index in [0.29, 0.717) is 12.0 Å². The number of carbonyl (C=O) groups is 1. The first-order chi connectivity index (χ1) is 11.0. The van der Waals surface area contributed by atoms with Gasteiger partial charge in [0.1, 0.15) is 0 Å². The Morgan fingerprint density at radius 2 is 1.96 bits per heavy atom. The average molecular weight is 343 g/mol. The molecule has 132 valence electrons. The number of rotatable bonds is 4. The highest BCUT2D eigenvalue weighted by Gasteiger charge is 2.61. The summed E-state index contributed by atoms with van der Waals surface area (Å²) in [5.74, 6) is -1.71. The van der Waals surface area contributed by atoms with Gasteiger partial charge in [-0.25, -0.2) is 4.79 Å². The van der Waals surface area contributed by atoms with Crippen LogP contribution in [-0.4, -0.2) is 40.7 Å². The fourth-order valence-electron chi connectivity index (χ4n) is 2.80. The summed E-state index contributed by atoms with van der Waals surface area (Å²) in [6.45, 7) is 4.71. The molecule has 1 N–H and O–H groups in total. The Morgan fingerprint density at radius 3 is 2.54 bits per heavy atom. The van der Waals surface area contributed by atoms with E-state index >= 15 is 0 Å². The zero-order valence-corrected chi connectivity index (χ0v) is 13.8. The molecule has 1 aromatic rings. The van der Waals surface area contributed by atoms with Crippen LogP contribution >= 0.6 is 0 Å². The minimum absolute atomic E-state index is 0.0507. The minimum atomic E-state index is -5.17. The molecule has 1 atom stereocenters. The van der Waals surface area contributed by atoms with Crippen LogP contribution in [0, 0.1) is 0 Å². The van der Waals surface area contributed by atoms with E-state index in [-0.39, 0.29) is 12.3 Å². The lowest BCUT2D eigenvalue weighted by Gasteiger charge is -2.33. The molecule has 0 aromatic heterocycles. The van der Waals surface area contributed by atoms with Crippen molar-refractivity contribution in [3.63, 3.8) is 0 Å². The number of alkyl halides is 3. The van der Waals surface area contributed by atoms with Gasteiger partial charge in [0.2, 0.25) is 0 Å². The maximum Gasteiger partial charge on any atom is 0.428 e. The highest BCUT2D eigenvalue weighted by Crippen LogP contribution is 2.38. The summed E-state index contributed by atoms with van der Waals surface area (Å²) in [7, 11) is 0. The molecule has 4 nitrogen and oxygen atoms in total. The molecule has 0 saturated carbocycles. The van der Waals surface area contributed by atoms with E-state index in [4.69, 9.17) is 0 Å². The summed E-state index contributed by atoms with van der Waals surface area (Å²) in [5, 5.41) is 10.1. The van der Waals surface area contributed by atoms with Crippen molar-refractivity contribution in [3.05, 3.63) is 35.4 Å². The number of hydrogen-bond acceptors (Lipinski definition) is 4. The van der Waals surface area contributed by atoms with E-state index < -0.39 is 29.7 Å². The van der Waals surface area contributed by atoms with E-state index in [1.165, 1.54) is 6.92 Å². The number of esters is 1. The van der Waals surface area contributed by atoms with Crippen LogP contribution in [0.25, 0.3) is 0 Å². The first-order valence-corrected chi connectivity index (χ1v) is 7.63. The molecule has 24 heavy (non-hydrogen) atoms. The third kappa shape index (κ3) is 3.45.